The lowest BCUT2D eigenvalue weighted by Gasteiger charge is -1.94. The fraction of sp³-hybridized carbons (Fsp3) is 0.111. The summed E-state index contributed by atoms with van der Waals surface area (Å²) in [5.41, 5.74) is 2.67. The lowest BCUT2D eigenvalue weighted by atomic mass is 10.3. The zero-order valence-electron chi connectivity index (χ0n) is 6.20. The molecule has 0 unspecified atom stereocenters. The molecule has 0 aliphatic heterocycles. The lowest BCUT2D eigenvalue weighted by Crippen LogP contribution is -1.85. The average Bonchev–Trinajstić information content (AvgIpc) is 2.04. The summed E-state index contributed by atoms with van der Waals surface area (Å²) in [6.45, 7) is 1.92. The fourth-order valence-electron chi connectivity index (χ4n) is 0.981. The van der Waals surface area contributed by atoms with Crippen molar-refractivity contribution in [2.75, 3.05) is 0 Å². The molecule has 2 heteroatoms. The zero-order chi connectivity index (χ0) is 7.68. The van der Waals surface area contributed by atoms with Crippen LogP contribution in [0.15, 0.2) is 24.4 Å². The molecule has 0 aliphatic carbocycles. The highest BCUT2D eigenvalue weighted by Crippen LogP contribution is 2.06. The quantitative estimate of drug-likeness (QED) is 0.561. The molecule has 0 bridgehead atoms. The minimum absolute atomic E-state index is 0.840. The van der Waals surface area contributed by atoms with E-state index in [1.807, 2.05) is 25.1 Å². The first-order chi connectivity index (χ1) is 5.36. The molecule has 0 spiro atoms. The van der Waals surface area contributed by atoms with Crippen molar-refractivity contribution in [2.24, 2.45) is 0 Å². The van der Waals surface area contributed by atoms with E-state index in [2.05, 4.69) is 16.0 Å². The zero-order valence-corrected chi connectivity index (χ0v) is 6.20. The van der Waals surface area contributed by atoms with Gasteiger partial charge in [0.05, 0.1) is 16.7 Å². The van der Waals surface area contributed by atoms with Crippen LogP contribution < -0.4 is 0 Å². The lowest BCUT2D eigenvalue weighted by molar-refractivity contribution is 1.18. The van der Waals surface area contributed by atoms with Crippen LogP contribution in [0.25, 0.3) is 11.0 Å². The summed E-state index contributed by atoms with van der Waals surface area (Å²) in [7, 11) is 0. The molecule has 0 saturated carbocycles. The van der Waals surface area contributed by atoms with Gasteiger partial charge in [0.1, 0.15) is 0 Å². The van der Waals surface area contributed by atoms with Gasteiger partial charge >= 0.3 is 0 Å². The second kappa shape index (κ2) is 2.31. The fourth-order valence-corrected chi connectivity index (χ4v) is 0.981. The van der Waals surface area contributed by atoms with Gasteiger partial charge in [0.25, 0.3) is 0 Å². The van der Waals surface area contributed by atoms with Crippen LogP contribution in [0.4, 0.5) is 0 Å². The van der Waals surface area contributed by atoms with Gasteiger partial charge < -0.3 is 0 Å². The summed E-state index contributed by atoms with van der Waals surface area (Å²) in [6.07, 6.45) is 1.76. The predicted molar refractivity (Wildman–Crippen MR) is 43.1 cm³/mol. The molecule has 0 aliphatic rings. The summed E-state index contributed by atoms with van der Waals surface area (Å²) in [6, 6.07) is 8.70. The first-order valence-electron chi connectivity index (χ1n) is 3.46. The minimum atomic E-state index is 0.840. The minimum Gasteiger partial charge on any atom is -0.253 e. The molecule has 1 radical (unpaired) electrons. The molecule has 1 heterocycles. The van der Waals surface area contributed by atoms with Gasteiger partial charge in [-0.25, -0.2) is 4.98 Å². The van der Waals surface area contributed by atoms with E-state index in [9.17, 15) is 0 Å². The number of hydrogen-bond donors (Lipinski definition) is 0. The molecule has 2 rings (SSSR count). The van der Waals surface area contributed by atoms with Crippen LogP contribution in [-0.4, -0.2) is 9.97 Å². The Kier molecular flexibility index (Phi) is 1.32. The van der Waals surface area contributed by atoms with Crippen molar-refractivity contribution < 1.29 is 0 Å². The van der Waals surface area contributed by atoms with E-state index in [0.29, 0.717) is 0 Å². The van der Waals surface area contributed by atoms with Gasteiger partial charge in [0.2, 0.25) is 0 Å². The molecule has 0 atom stereocenters. The Morgan fingerprint density at radius 1 is 1.45 bits per heavy atom. The predicted octanol–water partition coefficient (Wildman–Crippen LogP) is 1.74. The number of hydrogen-bond acceptors (Lipinski definition) is 2. The Labute approximate surface area is 64.9 Å². The molecule has 0 fully saturated rings. The van der Waals surface area contributed by atoms with E-state index in [-0.39, 0.29) is 0 Å². The third-order valence-electron chi connectivity index (χ3n) is 1.49. The first kappa shape index (κ1) is 6.28. The highest BCUT2D eigenvalue weighted by Gasteiger charge is 1.93. The summed E-state index contributed by atoms with van der Waals surface area (Å²) in [4.78, 5) is 8.44. The van der Waals surface area contributed by atoms with Crippen molar-refractivity contribution >= 4 is 11.0 Å². The van der Waals surface area contributed by atoms with E-state index < -0.39 is 0 Å². The molecule has 2 aromatic rings. The highest BCUT2D eigenvalue weighted by molar-refractivity contribution is 5.72. The van der Waals surface area contributed by atoms with Gasteiger partial charge in [-0.05, 0) is 13.0 Å². The molecule has 11 heavy (non-hydrogen) atoms. The largest absolute Gasteiger partial charge is 0.253 e. The van der Waals surface area contributed by atoms with Crippen molar-refractivity contribution in [3.05, 3.63) is 36.2 Å². The molecule has 0 saturated heterocycles. The van der Waals surface area contributed by atoms with Crippen LogP contribution in [0, 0.1) is 13.0 Å². The number of para-hydroxylation sites is 1. The number of aryl methyl sites for hydroxylation is 1. The van der Waals surface area contributed by atoms with Crippen LogP contribution in [-0.2, 0) is 0 Å². The maximum atomic E-state index is 4.26. The third kappa shape index (κ3) is 1.07. The summed E-state index contributed by atoms with van der Waals surface area (Å²) in [5, 5.41) is 0. The molecule has 0 amide bonds. The van der Waals surface area contributed by atoms with Gasteiger partial charge in [-0.15, -0.1) is 0 Å². The topological polar surface area (TPSA) is 25.8 Å². The van der Waals surface area contributed by atoms with Gasteiger partial charge in [0, 0.05) is 12.3 Å². The Balaban J connectivity index is 2.83. The van der Waals surface area contributed by atoms with Gasteiger partial charge in [-0.3, -0.25) is 4.98 Å². The van der Waals surface area contributed by atoms with E-state index >= 15 is 0 Å². The average molecular weight is 143 g/mol. The van der Waals surface area contributed by atoms with Crippen LogP contribution in [0.1, 0.15) is 5.69 Å². The van der Waals surface area contributed by atoms with E-state index in [0.717, 1.165) is 16.7 Å². The van der Waals surface area contributed by atoms with Crippen LogP contribution in [0.3, 0.4) is 0 Å². The van der Waals surface area contributed by atoms with E-state index in [1.165, 1.54) is 0 Å². The second-order valence-electron chi connectivity index (χ2n) is 2.42. The second-order valence-corrected chi connectivity index (χ2v) is 2.42. The molecule has 1 aromatic heterocycles. The Hall–Kier alpha value is -1.44. The molecule has 1 aromatic carbocycles. The van der Waals surface area contributed by atoms with Crippen molar-refractivity contribution in [1.82, 2.24) is 9.97 Å². The number of fused-ring (bicyclic) bond motifs is 1. The summed E-state index contributed by atoms with van der Waals surface area (Å²) < 4.78 is 0. The van der Waals surface area contributed by atoms with E-state index in [1.54, 1.807) is 6.20 Å². The maximum Gasteiger partial charge on any atom is 0.0969 e. The van der Waals surface area contributed by atoms with Crippen LogP contribution >= 0.6 is 0 Å². The Morgan fingerprint density at radius 2 is 2.36 bits per heavy atom. The monoisotopic (exact) mass is 143 g/mol. The van der Waals surface area contributed by atoms with Gasteiger partial charge in [-0.2, -0.15) is 0 Å². The standard InChI is InChI=1S/C9H7N2/c1-7-6-10-8-4-2-3-5-9(8)11-7/h2-4,6H,1H3. The molecular weight excluding hydrogens is 136 g/mol. The number of aromatic nitrogens is 2. The number of benzene rings is 1. The molecule has 2 nitrogen and oxygen atoms in total. The maximum absolute atomic E-state index is 4.26. The van der Waals surface area contributed by atoms with Crippen molar-refractivity contribution in [3.8, 4) is 0 Å². The van der Waals surface area contributed by atoms with Gasteiger partial charge in [-0.1, -0.05) is 12.1 Å². The van der Waals surface area contributed by atoms with Crippen LogP contribution in [0.5, 0.6) is 0 Å². The number of nitrogens with zero attached hydrogens (tertiary/aromatic N) is 2. The molecule has 53 valence electrons. The van der Waals surface area contributed by atoms with Crippen molar-refractivity contribution in [3.63, 3.8) is 0 Å². The molecular formula is C9H7N2. The van der Waals surface area contributed by atoms with E-state index in [4.69, 9.17) is 0 Å². The van der Waals surface area contributed by atoms with Crippen molar-refractivity contribution in [1.29, 1.82) is 0 Å². The van der Waals surface area contributed by atoms with Crippen molar-refractivity contribution in [2.45, 2.75) is 6.92 Å². The summed E-state index contributed by atoms with van der Waals surface area (Å²) in [5.74, 6) is 0. The Bertz CT molecular complexity index is 382. The highest BCUT2D eigenvalue weighted by atomic mass is 14.8. The SMILES string of the molecule is Cc1cnc2ccc[c]c2n1. The number of rotatable bonds is 0. The van der Waals surface area contributed by atoms with Crippen LogP contribution in [0.2, 0.25) is 0 Å². The first-order valence-corrected chi connectivity index (χ1v) is 3.46. The third-order valence-corrected chi connectivity index (χ3v) is 1.49. The smallest absolute Gasteiger partial charge is 0.0969 e. The molecule has 0 N–H and O–H groups in total. The van der Waals surface area contributed by atoms with Gasteiger partial charge in [0.15, 0.2) is 0 Å². The normalized spacial score (nSPS) is 10.3. The summed E-state index contributed by atoms with van der Waals surface area (Å²) >= 11 is 0. The Morgan fingerprint density at radius 3 is 3.27 bits per heavy atom.